The predicted octanol–water partition coefficient (Wildman–Crippen LogP) is -1.27. The topological polar surface area (TPSA) is 243 Å². The van der Waals surface area contributed by atoms with E-state index in [0.717, 1.165) is 13.0 Å². The van der Waals surface area contributed by atoms with Crippen molar-refractivity contribution in [3.05, 3.63) is 21.8 Å². The predicted molar refractivity (Wildman–Crippen MR) is 147 cm³/mol. The second-order valence-corrected chi connectivity index (χ2v) is 11.1. The number of amidine groups is 1. The summed E-state index contributed by atoms with van der Waals surface area (Å²) in [5.74, 6) is -1.96. The fraction of sp³-hybridized carbons (Fsp3) is 0.800. The van der Waals surface area contributed by atoms with Crippen molar-refractivity contribution in [3.8, 4) is 0 Å². The zero-order valence-corrected chi connectivity index (χ0v) is 23.7. The third-order valence-corrected chi connectivity index (χ3v) is 7.88. The first-order valence-electron chi connectivity index (χ1n) is 13.6. The first-order chi connectivity index (χ1) is 18.9. The smallest absolute Gasteiger partial charge is 0.370 e. The number of nitrogens with zero attached hydrogens (tertiary/aromatic N) is 2. The second-order valence-electron chi connectivity index (χ2n) is 10.2. The Labute approximate surface area is 237 Å². The number of ether oxygens (including phenoxy) is 2. The monoisotopic (exact) mass is 592 g/mol. The van der Waals surface area contributed by atoms with Crippen LogP contribution in [0.3, 0.4) is 0 Å². The Morgan fingerprint density at radius 3 is 2.20 bits per heavy atom. The van der Waals surface area contributed by atoms with Gasteiger partial charge in [-0.3, -0.25) is 13.7 Å². The number of aliphatic imine (C=N–C) groups is 1. The van der Waals surface area contributed by atoms with Crippen LogP contribution in [0.1, 0.15) is 58.8 Å². The fourth-order valence-corrected chi connectivity index (χ4v) is 5.24. The van der Waals surface area contributed by atoms with Crippen LogP contribution in [0.25, 0.3) is 0 Å². The number of aliphatic hydroxyl groups excluding tert-OH is 5. The summed E-state index contributed by atoms with van der Waals surface area (Å²) in [6, 6.07) is 0.184. The standard InChI is InChI=1S/C14H25N3O9.C11H19NOS/c1-3-5(17-12(16)13(23)24)2-4(15)14(25-3)26-11-9(21)7(19)6(18)8(20)10(11)22;1-2-3-4-5-6-7-9-12-11(13)8-10-14-12/h3-11,14,18-22H,2,15H2,1H3,(H2,16,17)(H,23,24);8,10H,2-7,9H2,1H3/t3-,4+,5+,6?,7+,8+,9-,10+,11?,14-;/m1./s1. The normalized spacial score (nSPS) is 34.6. The van der Waals surface area contributed by atoms with Gasteiger partial charge in [-0.25, -0.2) is 4.79 Å². The molecule has 10 atom stereocenters. The number of aryl methyl sites for hydroxylation is 1. The Kier molecular flexibility index (Phi) is 14.1. The highest BCUT2D eigenvalue weighted by molar-refractivity contribution is 7.04. The summed E-state index contributed by atoms with van der Waals surface area (Å²) in [6.45, 7) is 4.72. The van der Waals surface area contributed by atoms with Gasteiger partial charge in [0.05, 0.1) is 18.2 Å². The number of aromatic nitrogens is 1. The highest BCUT2D eigenvalue weighted by atomic mass is 32.1. The Bertz CT molecular complexity index is 975. The zero-order valence-electron chi connectivity index (χ0n) is 22.9. The number of nitrogens with two attached hydrogens (primary N) is 2. The first-order valence-corrected chi connectivity index (χ1v) is 14.4. The molecule has 1 saturated heterocycles. The minimum absolute atomic E-state index is 0.145. The molecule has 230 valence electrons. The van der Waals surface area contributed by atoms with Crippen LogP contribution in [0.4, 0.5) is 0 Å². The van der Waals surface area contributed by atoms with Crippen molar-refractivity contribution in [1.82, 2.24) is 3.96 Å². The summed E-state index contributed by atoms with van der Waals surface area (Å²) in [7, 11) is 0. The molecule has 1 aliphatic heterocycles. The van der Waals surface area contributed by atoms with E-state index in [1.54, 1.807) is 13.0 Å². The molecule has 2 heterocycles. The second kappa shape index (κ2) is 16.5. The Morgan fingerprint density at radius 1 is 1.07 bits per heavy atom. The highest BCUT2D eigenvalue weighted by Gasteiger charge is 2.50. The van der Waals surface area contributed by atoms with Crippen LogP contribution in [-0.2, 0) is 20.8 Å². The molecule has 1 aromatic rings. The van der Waals surface area contributed by atoms with E-state index in [0.29, 0.717) is 0 Å². The van der Waals surface area contributed by atoms with Gasteiger partial charge in [0.1, 0.15) is 36.6 Å². The molecule has 0 amide bonds. The number of hydrogen-bond acceptors (Lipinski definition) is 12. The van der Waals surface area contributed by atoms with Gasteiger partial charge in [0.25, 0.3) is 5.56 Å². The van der Waals surface area contributed by atoms with Crippen molar-refractivity contribution in [3.63, 3.8) is 0 Å². The quantitative estimate of drug-likeness (QED) is 0.0901. The van der Waals surface area contributed by atoms with Gasteiger partial charge in [-0.05, 0) is 19.8 Å². The van der Waals surface area contributed by atoms with Gasteiger partial charge in [-0.1, -0.05) is 50.6 Å². The molecular formula is C25H44N4O10S. The van der Waals surface area contributed by atoms with Gasteiger partial charge in [0.2, 0.25) is 5.84 Å². The third kappa shape index (κ3) is 9.56. The van der Waals surface area contributed by atoms with E-state index in [-0.39, 0.29) is 12.0 Å². The first kappa shape index (κ1) is 34.3. The largest absolute Gasteiger partial charge is 0.475 e. The lowest BCUT2D eigenvalue weighted by atomic mass is 9.84. The Morgan fingerprint density at radius 2 is 1.65 bits per heavy atom. The average molecular weight is 593 g/mol. The molecule has 1 saturated carbocycles. The van der Waals surface area contributed by atoms with Crippen LogP contribution in [0.2, 0.25) is 0 Å². The number of carbonyl (C=O) groups is 1. The van der Waals surface area contributed by atoms with E-state index in [1.165, 1.54) is 43.6 Å². The molecule has 0 aromatic carbocycles. The van der Waals surface area contributed by atoms with Gasteiger partial charge >= 0.3 is 5.97 Å². The molecule has 0 spiro atoms. The van der Waals surface area contributed by atoms with Crippen molar-refractivity contribution in [2.45, 2.75) is 126 Å². The molecule has 0 bridgehead atoms. The van der Waals surface area contributed by atoms with Crippen LogP contribution >= 0.6 is 11.5 Å². The summed E-state index contributed by atoms with van der Waals surface area (Å²) < 4.78 is 12.8. The lowest BCUT2D eigenvalue weighted by Crippen LogP contribution is -2.66. The number of carboxylic acids is 1. The number of aliphatic carboxylic acids is 1. The molecule has 2 unspecified atom stereocenters. The summed E-state index contributed by atoms with van der Waals surface area (Å²) >= 11 is 1.52. The van der Waals surface area contributed by atoms with Crippen LogP contribution in [0, 0.1) is 0 Å². The molecule has 0 radical (unpaired) electrons. The Hall–Kier alpha value is -1.95. The lowest BCUT2D eigenvalue weighted by Gasteiger charge is -2.45. The summed E-state index contributed by atoms with van der Waals surface area (Å²) in [6.07, 6.45) is -3.98. The minimum Gasteiger partial charge on any atom is -0.475 e. The molecule has 15 heteroatoms. The van der Waals surface area contributed by atoms with E-state index in [2.05, 4.69) is 11.9 Å². The maximum absolute atomic E-state index is 11.2. The summed E-state index contributed by atoms with van der Waals surface area (Å²) in [4.78, 5) is 25.8. The van der Waals surface area contributed by atoms with Gasteiger partial charge in [-0.15, -0.1) is 0 Å². The molecule has 14 nitrogen and oxygen atoms in total. The van der Waals surface area contributed by atoms with Gasteiger partial charge in [-0.2, -0.15) is 0 Å². The molecule has 1 aromatic heterocycles. The number of rotatable bonds is 10. The molecule has 3 rings (SSSR count). The lowest BCUT2D eigenvalue weighted by molar-refractivity contribution is -0.293. The van der Waals surface area contributed by atoms with Gasteiger partial charge in [0, 0.05) is 18.0 Å². The van der Waals surface area contributed by atoms with Crippen LogP contribution in [0.15, 0.2) is 21.2 Å². The van der Waals surface area contributed by atoms with Crippen molar-refractivity contribution in [2.24, 2.45) is 16.5 Å². The molecule has 2 aliphatic rings. The van der Waals surface area contributed by atoms with E-state index < -0.39 is 72.9 Å². The molecule has 40 heavy (non-hydrogen) atoms. The van der Waals surface area contributed by atoms with Crippen LogP contribution < -0.4 is 17.0 Å². The fourth-order valence-electron chi connectivity index (χ4n) is 4.52. The molecular weight excluding hydrogens is 548 g/mol. The zero-order chi connectivity index (χ0) is 30.0. The Balaban J connectivity index is 0.000000337. The number of aliphatic hydroxyl groups is 5. The number of unbranched alkanes of at least 4 members (excludes halogenated alkanes) is 5. The van der Waals surface area contributed by atoms with E-state index in [4.69, 9.17) is 26.0 Å². The highest BCUT2D eigenvalue weighted by Crippen LogP contribution is 2.29. The van der Waals surface area contributed by atoms with Gasteiger partial charge < -0.3 is 51.6 Å². The molecule has 1 aliphatic carbocycles. The maximum Gasteiger partial charge on any atom is 0.370 e. The van der Waals surface area contributed by atoms with Crippen molar-refractivity contribution in [1.29, 1.82) is 0 Å². The minimum atomic E-state index is -1.74. The van der Waals surface area contributed by atoms with Crippen LogP contribution in [0.5, 0.6) is 0 Å². The van der Waals surface area contributed by atoms with E-state index in [9.17, 15) is 35.1 Å². The molecule has 10 N–H and O–H groups in total. The van der Waals surface area contributed by atoms with E-state index >= 15 is 0 Å². The summed E-state index contributed by atoms with van der Waals surface area (Å²) in [5, 5.41) is 59.7. The SMILES string of the molecule is CCCCCCCCn1sccc1=O.C[C@H]1O[C@H](OC2[C@@H](O)[C@@H](O)C(O)[C@H](O)[C@H]2O)[C@@H](N)C[C@@H]1N=C(N)C(=O)O. The third-order valence-electron chi connectivity index (χ3n) is 7.00. The maximum atomic E-state index is 11.2. The van der Waals surface area contributed by atoms with Gasteiger partial charge in [0.15, 0.2) is 6.29 Å². The number of carboxylic acid groups (broad SMARTS) is 1. The van der Waals surface area contributed by atoms with Crippen molar-refractivity contribution < 1.29 is 44.9 Å². The summed E-state index contributed by atoms with van der Waals surface area (Å²) in [5.41, 5.74) is 11.4. The van der Waals surface area contributed by atoms with Crippen molar-refractivity contribution >= 4 is 23.3 Å². The van der Waals surface area contributed by atoms with Crippen molar-refractivity contribution in [2.75, 3.05) is 0 Å². The molecule has 2 fully saturated rings. The number of hydrogen-bond donors (Lipinski definition) is 8. The van der Waals surface area contributed by atoms with E-state index in [1.807, 2.05) is 9.34 Å². The average Bonchev–Trinajstić information content (AvgIpc) is 3.33. The van der Waals surface area contributed by atoms with Crippen LogP contribution in [-0.4, -0.2) is 108 Å².